The Balaban J connectivity index is 1.42. The lowest BCUT2D eigenvalue weighted by Gasteiger charge is -2.02. The molecule has 0 amide bonds. The molecule has 7 nitrogen and oxygen atoms in total. The van der Waals surface area contributed by atoms with E-state index in [1.165, 1.54) is 15.9 Å². The molecule has 0 aliphatic heterocycles. The molecule has 32 heavy (non-hydrogen) atoms. The van der Waals surface area contributed by atoms with E-state index in [-0.39, 0.29) is 11.5 Å². The Morgan fingerprint density at radius 2 is 1.84 bits per heavy atom. The summed E-state index contributed by atoms with van der Waals surface area (Å²) in [7, 11) is 0. The van der Waals surface area contributed by atoms with E-state index < -0.39 is 0 Å². The first-order chi connectivity index (χ1) is 15.6. The second kappa shape index (κ2) is 8.24. The van der Waals surface area contributed by atoms with Crippen LogP contribution >= 0.6 is 11.3 Å². The van der Waals surface area contributed by atoms with Crippen LogP contribution in [0.5, 0.6) is 0 Å². The van der Waals surface area contributed by atoms with E-state index in [1.807, 2.05) is 36.4 Å². The molecule has 0 N–H and O–H groups in total. The highest BCUT2D eigenvalue weighted by molar-refractivity contribution is 7.15. The second-order valence-electron chi connectivity index (χ2n) is 6.91. The van der Waals surface area contributed by atoms with Crippen molar-refractivity contribution >= 4 is 28.3 Å². The Kier molecular flexibility index (Phi) is 5.12. The van der Waals surface area contributed by atoms with Gasteiger partial charge in [0.05, 0.1) is 12.2 Å². The number of ether oxygens (including phenoxy) is 1. The number of esters is 1. The van der Waals surface area contributed by atoms with Crippen molar-refractivity contribution in [2.45, 2.75) is 6.92 Å². The first kappa shape index (κ1) is 19.9. The van der Waals surface area contributed by atoms with Gasteiger partial charge in [-0.1, -0.05) is 53.8 Å². The van der Waals surface area contributed by atoms with Crippen molar-refractivity contribution in [2.24, 2.45) is 0 Å². The molecule has 0 aliphatic rings. The van der Waals surface area contributed by atoms with Crippen molar-refractivity contribution in [2.75, 3.05) is 6.61 Å². The van der Waals surface area contributed by atoms with Gasteiger partial charge in [-0.2, -0.15) is 9.50 Å². The summed E-state index contributed by atoms with van der Waals surface area (Å²) in [6.45, 7) is 2.10. The number of carbonyl (C=O) groups is 1. The zero-order valence-electron chi connectivity index (χ0n) is 17.0. The summed E-state index contributed by atoms with van der Waals surface area (Å²) in [4.78, 5) is 29.6. The van der Waals surface area contributed by atoms with Crippen LogP contribution in [0.25, 0.3) is 33.7 Å². The van der Waals surface area contributed by atoms with Crippen LogP contribution in [0, 0.1) is 0 Å². The summed E-state index contributed by atoms with van der Waals surface area (Å²) in [6.07, 6.45) is 1.68. The Morgan fingerprint density at radius 1 is 1.06 bits per heavy atom. The van der Waals surface area contributed by atoms with Crippen molar-refractivity contribution in [3.05, 3.63) is 92.9 Å². The van der Waals surface area contributed by atoms with Crippen molar-refractivity contribution in [3.8, 4) is 22.7 Å². The van der Waals surface area contributed by atoms with Gasteiger partial charge in [0.1, 0.15) is 16.1 Å². The summed E-state index contributed by atoms with van der Waals surface area (Å²) in [5, 5.41) is 4.35. The smallest absolute Gasteiger partial charge is 0.338 e. The number of nitrogens with zero attached hydrogens (tertiary/aromatic N) is 3. The van der Waals surface area contributed by atoms with E-state index in [0.29, 0.717) is 39.0 Å². The van der Waals surface area contributed by atoms with Crippen LogP contribution in [0.15, 0.2) is 75.9 Å². The van der Waals surface area contributed by atoms with E-state index in [9.17, 15) is 9.59 Å². The average molecular weight is 443 g/mol. The number of hydrogen-bond donors (Lipinski definition) is 0. The molecular weight excluding hydrogens is 426 g/mol. The molecule has 2 aromatic carbocycles. The van der Waals surface area contributed by atoms with Crippen LogP contribution in [0.1, 0.15) is 23.0 Å². The van der Waals surface area contributed by atoms with E-state index in [1.54, 1.807) is 43.3 Å². The molecule has 0 aliphatic carbocycles. The monoisotopic (exact) mass is 443 g/mol. The third-order valence-electron chi connectivity index (χ3n) is 4.79. The lowest BCUT2D eigenvalue weighted by Crippen LogP contribution is -2.23. The molecule has 158 valence electrons. The van der Waals surface area contributed by atoms with Gasteiger partial charge in [-0.3, -0.25) is 4.79 Å². The van der Waals surface area contributed by atoms with Gasteiger partial charge in [0.15, 0.2) is 5.82 Å². The highest BCUT2D eigenvalue weighted by Gasteiger charge is 2.13. The Morgan fingerprint density at radius 3 is 2.56 bits per heavy atom. The zero-order valence-corrected chi connectivity index (χ0v) is 17.8. The van der Waals surface area contributed by atoms with Crippen LogP contribution in [0.2, 0.25) is 0 Å². The van der Waals surface area contributed by atoms with Gasteiger partial charge < -0.3 is 9.15 Å². The topological polar surface area (TPSA) is 86.7 Å². The molecule has 0 spiro atoms. The Labute approximate surface area is 186 Å². The van der Waals surface area contributed by atoms with Crippen LogP contribution in [-0.4, -0.2) is 27.2 Å². The predicted octanol–water partition coefficient (Wildman–Crippen LogP) is 3.80. The Bertz CT molecular complexity index is 1520. The number of hydrogen-bond acceptors (Lipinski definition) is 7. The molecule has 0 fully saturated rings. The maximum absolute atomic E-state index is 12.8. The molecular formula is C24H17N3O4S. The minimum absolute atomic E-state index is 0.239. The fourth-order valence-corrected chi connectivity index (χ4v) is 4.13. The minimum Gasteiger partial charge on any atom is -0.462 e. The van der Waals surface area contributed by atoms with E-state index in [0.717, 1.165) is 11.1 Å². The average Bonchev–Trinajstić information content (AvgIpc) is 3.52. The molecule has 8 heteroatoms. The maximum Gasteiger partial charge on any atom is 0.338 e. The molecule has 0 saturated carbocycles. The van der Waals surface area contributed by atoms with E-state index in [4.69, 9.17) is 9.15 Å². The number of thiazole rings is 1. The minimum atomic E-state index is -0.359. The highest BCUT2D eigenvalue weighted by atomic mass is 32.1. The van der Waals surface area contributed by atoms with Crippen molar-refractivity contribution in [1.82, 2.24) is 14.6 Å². The number of carbonyl (C=O) groups excluding carboxylic acids is 1. The van der Waals surface area contributed by atoms with Crippen LogP contribution in [0.4, 0.5) is 0 Å². The number of furan rings is 1. The number of fused-ring (bicyclic) bond motifs is 1. The van der Waals surface area contributed by atoms with Crippen LogP contribution in [0.3, 0.4) is 0 Å². The first-order valence-electron chi connectivity index (χ1n) is 9.96. The van der Waals surface area contributed by atoms with Gasteiger partial charge in [-0.05, 0) is 31.2 Å². The number of benzene rings is 2. The third kappa shape index (κ3) is 3.72. The fraction of sp³-hybridized carbons (Fsp3) is 0.0833. The van der Waals surface area contributed by atoms with Gasteiger partial charge in [0.25, 0.3) is 5.56 Å². The fourth-order valence-electron chi connectivity index (χ4n) is 3.24. The Hall–Kier alpha value is -4.04. The molecule has 0 bridgehead atoms. The van der Waals surface area contributed by atoms with Gasteiger partial charge in [0.2, 0.25) is 4.96 Å². The summed E-state index contributed by atoms with van der Waals surface area (Å²) >= 11 is 1.26. The lowest BCUT2D eigenvalue weighted by molar-refractivity contribution is 0.0526. The SMILES string of the molecule is CCOC(=O)c1ccc(-c2ccc(C=c3sc4nc(-c5ccccc5)nn4c3=O)o2)cc1. The van der Waals surface area contributed by atoms with Crippen molar-refractivity contribution < 1.29 is 13.9 Å². The van der Waals surface area contributed by atoms with Gasteiger partial charge in [-0.25, -0.2) is 4.79 Å². The van der Waals surface area contributed by atoms with Gasteiger partial charge in [0, 0.05) is 17.2 Å². The van der Waals surface area contributed by atoms with Crippen molar-refractivity contribution in [1.29, 1.82) is 0 Å². The maximum atomic E-state index is 12.8. The van der Waals surface area contributed by atoms with Crippen molar-refractivity contribution in [3.63, 3.8) is 0 Å². The normalized spacial score (nSPS) is 11.8. The highest BCUT2D eigenvalue weighted by Crippen LogP contribution is 2.23. The quantitative estimate of drug-likeness (QED) is 0.384. The summed E-state index contributed by atoms with van der Waals surface area (Å²) in [5.41, 5.74) is 1.92. The number of rotatable bonds is 5. The molecule has 5 aromatic rings. The predicted molar refractivity (Wildman–Crippen MR) is 121 cm³/mol. The van der Waals surface area contributed by atoms with Gasteiger partial charge >= 0.3 is 5.97 Å². The molecule has 0 unspecified atom stereocenters. The second-order valence-corrected chi connectivity index (χ2v) is 7.92. The molecule has 3 heterocycles. The zero-order chi connectivity index (χ0) is 22.1. The summed E-state index contributed by atoms with van der Waals surface area (Å²) in [6, 6.07) is 20.1. The summed E-state index contributed by atoms with van der Waals surface area (Å²) < 4.78 is 12.7. The van der Waals surface area contributed by atoms with E-state index in [2.05, 4.69) is 10.1 Å². The standard InChI is InChI=1S/C24H17N3O4S/c1-2-30-23(29)17-10-8-15(9-11-17)19-13-12-18(31-19)14-20-22(28)27-24(32-20)25-21(26-27)16-6-4-3-5-7-16/h3-14H,2H2,1H3. The lowest BCUT2D eigenvalue weighted by atomic mass is 10.1. The summed E-state index contributed by atoms with van der Waals surface area (Å²) in [5.74, 6) is 1.33. The first-order valence-corrected chi connectivity index (χ1v) is 10.8. The van der Waals surface area contributed by atoms with Crippen LogP contribution in [-0.2, 0) is 4.74 Å². The molecule has 0 radical (unpaired) electrons. The molecule has 0 atom stereocenters. The van der Waals surface area contributed by atoms with Crippen LogP contribution < -0.4 is 10.1 Å². The van der Waals surface area contributed by atoms with E-state index >= 15 is 0 Å². The largest absolute Gasteiger partial charge is 0.462 e. The van der Waals surface area contributed by atoms with Gasteiger partial charge in [-0.15, -0.1) is 5.10 Å². The third-order valence-corrected chi connectivity index (χ3v) is 5.75. The molecule has 3 aromatic heterocycles. The molecule has 5 rings (SSSR count). The molecule has 0 saturated heterocycles. The number of aromatic nitrogens is 3.